The quantitative estimate of drug-likeness (QED) is 0.341. The van der Waals surface area contributed by atoms with E-state index in [9.17, 15) is 18.7 Å². The van der Waals surface area contributed by atoms with E-state index in [4.69, 9.17) is 20.8 Å². The van der Waals surface area contributed by atoms with Crippen molar-refractivity contribution in [1.82, 2.24) is 9.96 Å². The Balaban J connectivity index is 2.15. The van der Waals surface area contributed by atoms with E-state index < -0.39 is 46.1 Å². The fourth-order valence-corrected chi connectivity index (χ4v) is 4.82. The first-order valence-electron chi connectivity index (χ1n) is 7.32. The summed E-state index contributed by atoms with van der Waals surface area (Å²) in [6.45, 7) is 2.97. The fraction of sp³-hybridized carbons (Fsp3) is 0.818. The van der Waals surface area contributed by atoms with Crippen molar-refractivity contribution >= 4 is 22.2 Å². The molecule has 1 spiro atoms. The summed E-state index contributed by atoms with van der Waals surface area (Å²) in [5.41, 5.74) is 10.5. The molecule has 12 nitrogen and oxygen atoms in total. The minimum atomic E-state index is -4.24. The summed E-state index contributed by atoms with van der Waals surface area (Å²) >= 11 is 0. The molecule has 8 N–H and O–H groups in total. The molecular formula is C11H21N7O5S. The Bertz CT molecular complexity index is 712. The number of nitrogens with two attached hydrogens (primary N) is 3. The minimum Gasteiger partial charge on any atom is -0.394 e. The smallest absolute Gasteiger partial charge is 0.333 e. The topological polar surface area (TPSA) is 193 Å². The van der Waals surface area contributed by atoms with Crippen LogP contribution in [0.2, 0.25) is 0 Å². The van der Waals surface area contributed by atoms with Gasteiger partial charge in [-0.3, -0.25) is 9.39 Å². The van der Waals surface area contributed by atoms with Crippen LogP contribution >= 0.6 is 0 Å². The maximum absolute atomic E-state index is 11.4. The van der Waals surface area contributed by atoms with E-state index in [1.165, 1.54) is 4.90 Å². The van der Waals surface area contributed by atoms with Crippen molar-refractivity contribution in [2.24, 2.45) is 32.5 Å². The molecule has 3 aliphatic heterocycles. The fourth-order valence-electron chi connectivity index (χ4n) is 4.18. The van der Waals surface area contributed by atoms with Gasteiger partial charge in [0.1, 0.15) is 18.2 Å². The van der Waals surface area contributed by atoms with Crippen LogP contribution in [0.25, 0.3) is 0 Å². The van der Waals surface area contributed by atoms with Crippen LogP contribution in [0.1, 0.15) is 13.8 Å². The second kappa shape index (κ2) is 5.16. The monoisotopic (exact) mass is 363 g/mol. The average molecular weight is 363 g/mol. The van der Waals surface area contributed by atoms with Gasteiger partial charge in [0.15, 0.2) is 11.6 Å². The normalized spacial score (nSPS) is 41.8. The summed E-state index contributed by atoms with van der Waals surface area (Å²) in [5.74, 6) is -0.786. The van der Waals surface area contributed by atoms with Gasteiger partial charge < -0.3 is 21.5 Å². The number of guanidine groups is 2. The molecule has 0 radical (unpaired) electrons. The number of aliphatic hydroxyl groups is 1. The molecule has 13 heteroatoms. The largest absolute Gasteiger partial charge is 0.394 e. The molecule has 0 aromatic heterocycles. The van der Waals surface area contributed by atoms with Crippen molar-refractivity contribution in [1.29, 1.82) is 0 Å². The third-order valence-corrected chi connectivity index (χ3v) is 5.53. The Kier molecular flexibility index (Phi) is 3.69. The number of hydrogen-bond donors (Lipinski definition) is 5. The van der Waals surface area contributed by atoms with Crippen LogP contribution in [0, 0.1) is 5.92 Å². The van der Waals surface area contributed by atoms with E-state index >= 15 is 0 Å². The van der Waals surface area contributed by atoms with Crippen LogP contribution in [-0.2, 0) is 14.5 Å². The molecule has 0 bridgehead atoms. The summed E-state index contributed by atoms with van der Waals surface area (Å²) in [6, 6.07) is -2.09. The van der Waals surface area contributed by atoms with Gasteiger partial charge in [0.2, 0.25) is 5.96 Å². The van der Waals surface area contributed by atoms with Gasteiger partial charge in [-0.2, -0.15) is 13.5 Å². The predicted octanol–water partition coefficient (Wildman–Crippen LogP) is -3.31. The van der Waals surface area contributed by atoms with Gasteiger partial charge in [0.05, 0.1) is 12.6 Å². The Morgan fingerprint density at radius 3 is 2.46 bits per heavy atom. The molecule has 0 aromatic rings. The highest BCUT2D eigenvalue weighted by molar-refractivity contribution is 7.84. The van der Waals surface area contributed by atoms with Gasteiger partial charge in [-0.15, -0.1) is 0 Å². The first kappa shape index (κ1) is 17.2. The van der Waals surface area contributed by atoms with Gasteiger partial charge in [-0.05, 0) is 6.92 Å². The zero-order valence-corrected chi connectivity index (χ0v) is 14.0. The SMILES string of the molecule is CC1C(OS(N)(=O)=O)C(C)C23C(N=C(N)N2O)C(CO)N=C(N)N13. The van der Waals surface area contributed by atoms with E-state index in [-0.39, 0.29) is 18.5 Å². The summed E-state index contributed by atoms with van der Waals surface area (Å²) in [7, 11) is -4.24. The lowest BCUT2D eigenvalue weighted by atomic mass is 9.83. The molecule has 6 atom stereocenters. The molecule has 6 unspecified atom stereocenters. The number of nitrogens with zero attached hydrogens (tertiary/aromatic N) is 4. The first-order valence-corrected chi connectivity index (χ1v) is 8.79. The Morgan fingerprint density at radius 1 is 1.29 bits per heavy atom. The standard InChI is InChI=1S/C11H21N7O5S/c1-4-7(23-24(14,21)22)5(2)17-9(12)15-6(3-19)8-11(4,17)18(20)10(13)16-8/h4-8,19-20H,3H2,1-2H3,(H2,12,15)(H2,13,16)(H2,14,21,22). The molecule has 0 amide bonds. The average Bonchev–Trinajstić information content (AvgIpc) is 2.86. The third kappa shape index (κ3) is 2.02. The van der Waals surface area contributed by atoms with Crippen molar-refractivity contribution in [2.45, 2.75) is 43.7 Å². The second-order valence-electron chi connectivity index (χ2n) is 6.22. The lowest BCUT2D eigenvalue weighted by molar-refractivity contribution is -0.172. The van der Waals surface area contributed by atoms with Crippen molar-refractivity contribution in [3.8, 4) is 0 Å². The summed E-state index contributed by atoms with van der Waals surface area (Å²) < 4.78 is 27.9. The zero-order chi connectivity index (χ0) is 18.0. The Morgan fingerprint density at radius 2 is 1.92 bits per heavy atom. The second-order valence-corrected chi connectivity index (χ2v) is 7.40. The maximum atomic E-state index is 11.4. The van der Waals surface area contributed by atoms with Gasteiger partial charge in [-0.25, -0.2) is 15.1 Å². The van der Waals surface area contributed by atoms with E-state index in [0.29, 0.717) is 0 Å². The van der Waals surface area contributed by atoms with Crippen LogP contribution < -0.4 is 16.6 Å². The molecule has 1 saturated heterocycles. The van der Waals surface area contributed by atoms with Gasteiger partial charge in [0.25, 0.3) is 0 Å². The molecule has 1 fully saturated rings. The predicted molar refractivity (Wildman–Crippen MR) is 82.7 cm³/mol. The summed E-state index contributed by atoms with van der Waals surface area (Å²) in [6.07, 6.45) is -0.926. The van der Waals surface area contributed by atoms with E-state index in [1.54, 1.807) is 13.8 Å². The van der Waals surface area contributed by atoms with E-state index in [2.05, 4.69) is 9.98 Å². The van der Waals surface area contributed by atoms with Crippen LogP contribution in [0.3, 0.4) is 0 Å². The van der Waals surface area contributed by atoms with Crippen molar-refractivity contribution in [3.05, 3.63) is 0 Å². The number of aliphatic imine (C=N–C) groups is 2. The van der Waals surface area contributed by atoms with Crippen molar-refractivity contribution in [3.63, 3.8) is 0 Å². The van der Waals surface area contributed by atoms with Crippen molar-refractivity contribution < 1.29 is 22.9 Å². The lowest BCUT2D eigenvalue weighted by Crippen LogP contribution is -2.72. The molecule has 3 aliphatic rings. The highest BCUT2D eigenvalue weighted by Gasteiger charge is 2.70. The van der Waals surface area contributed by atoms with Gasteiger partial charge in [0, 0.05) is 5.92 Å². The van der Waals surface area contributed by atoms with Gasteiger partial charge in [-0.1, -0.05) is 6.92 Å². The molecule has 0 aliphatic carbocycles. The van der Waals surface area contributed by atoms with Crippen LogP contribution in [0.5, 0.6) is 0 Å². The first-order chi connectivity index (χ1) is 11.1. The molecular weight excluding hydrogens is 342 g/mol. The lowest BCUT2D eigenvalue weighted by Gasteiger charge is -2.50. The van der Waals surface area contributed by atoms with E-state index in [0.717, 1.165) is 5.06 Å². The Labute approximate surface area is 138 Å². The Hall–Kier alpha value is -1.67. The zero-order valence-electron chi connectivity index (χ0n) is 13.1. The minimum absolute atomic E-state index is 0.0223. The van der Waals surface area contributed by atoms with Crippen LogP contribution in [0.15, 0.2) is 9.98 Å². The molecule has 3 heterocycles. The molecule has 136 valence electrons. The van der Waals surface area contributed by atoms with Crippen molar-refractivity contribution in [2.75, 3.05) is 6.61 Å². The molecule has 0 aromatic carbocycles. The van der Waals surface area contributed by atoms with E-state index in [1.807, 2.05) is 0 Å². The number of hydroxylamine groups is 2. The van der Waals surface area contributed by atoms with Gasteiger partial charge >= 0.3 is 10.3 Å². The van der Waals surface area contributed by atoms with Crippen LogP contribution in [0.4, 0.5) is 0 Å². The number of rotatable bonds is 3. The highest BCUT2D eigenvalue weighted by atomic mass is 32.2. The molecule has 24 heavy (non-hydrogen) atoms. The molecule has 0 saturated carbocycles. The summed E-state index contributed by atoms with van der Waals surface area (Å²) in [5, 5.41) is 26.0. The molecule has 3 rings (SSSR count). The maximum Gasteiger partial charge on any atom is 0.333 e. The third-order valence-electron chi connectivity index (χ3n) is 5.04. The highest BCUT2D eigenvalue weighted by Crippen LogP contribution is 2.50. The number of hydrogen-bond acceptors (Lipinski definition) is 11. The summed E-state index contributed by atoms with van der Waals surface area (Å²) in [4.78, 5) is 9.92. The van der Waals surface area contributed by atoms with Crippen LogP contribution in [-0.4, -0.2) is 77.1 Å². The number of aliphatic hydroxyl groups excluding tert-OH is 1.